The van der Waals surface area contributed by atoms with Crippen molar-refractivity contribution in [2.45, 2.75) is 76.9 Å². The van der Waals surface area contributed by atoms with E-state index in [4.69, 9.17) is 0 Å². The lowest BCUT2D eigenvalue weighted by molar-refractivity contribution is -0.155. The summed E-state index contributed by atoms with van der Waals surface area (Å²) in [6.07, 6.45) is 8.15. The molecule has 0 aliphatic heterocycles. The van der Waals surface area contributed by atoms with Gasteiger partial charge in [0.05, 0.1) is 12.2 Å². The second kappa shape index (κ2) is 5.31. The van der Waals surface area contributed by atoms with Crippen LogP contribution >= 0.6 is 0 Å². The third-order valence-corrected chi connectivity index (χ3v) is 8.07. The first-order valence-electron chi connectivity index (χ1n) is 9.44. The molecule has 4 rings (SSSR count). The molecular weight excluding hydrogens is 276 g/mol. The monoisotopic (exact) mass is 306 g/mol. The van der Waals surface area contributed by atoms with Gasteiger partial charge < -0.3 is 10.2 Å². The topological polar surface area (TPSA) is 57.5 Å². The number of aliphatic hydroxyl groups excluding tert-OH is 2. The van der Waals surface area contributed by atoms with Crippen LogP contribution in [0.2, 0.25) is 0 Å². The molecule has 4 saturated carbocycles. The Morgan fingerprint density at radius 2 is 1.91 bits per heavy atom. The molecule has 4 aliphatic rings. The van der Waals surface area contributed by atoms with Gasteiger partial charge >= 0.3 is 0 Å². The third kappa shape index (κ3) is 1.97. The lowest BCUT2D eigenvalue weighted by Crippen LogP contribution is -2.56. The van der Waals surface area contributed by atoms with Crippen molar-refractivity contribution in [1.82, 2.24) is 0 Å². The molecule has 0 aromatic heterocycles. The molecule has 22 heavy (non-hydrogen) atoms. The first kappa shape index (κ1) is 15.1. The van der Waals surface area contributed by atoms with Gasteiger partial charge in [0, 0.05) is 18.3 Å². The molecule has 4 fully saturated rings. The number of ketones is 1. The average molecular weight is 306 g/mol. The molecule has 0 amide bonds. The van der Waals surface area contributed by atoms with Gasteiger partial charge in [0.1, 0.15) is 5.78 Å². The largest absolute Gasteiger partial charge is 0.393 e. The minimum absolute atomic E-state index is 0.0299. The normalized spacial score (nSPS) is 54.5. The second-order valence-corrected chi connectivity index (χ2v) is 8.58. The number of carbonyl (C=O) groups excluding carboxylic acids is 1. The second-order valence-electron chi connectivity index (χ2n) is 8.58. The van der Waals surface area contributed by atoms with E-state index in [1.165, 1.54) is 0 Å². The van der Waals surface area contributed by atoms with Crippen molar-refractivity contribution < 1.29 is 15.0 Å². The SMILES string of the molecule is CC[C@]12C[C@@H](O)[C@H]3[C@@H](CC[C@H]4CC(=O)CC[C@@H]43)[C@@H]1CC[C@@H]2O. The van der Waals surface area contributed by atoms with Crippen molar-refractivity contribution in [3.63, 3.8) is 0 Å². The maximum atomic E-state index is 11.8. The van der Waals surface area contributed by atoms with Crippen LogP contribution in [0.1, 0.15) is 64.7 Å². The quantitative estimate of drug-likeness (QED) is 0.783. The maximum Gasteiger partial charge on any atom is 0.133 e. The van der Waals surface area contributed by atoms with Gasteiger partial charge in [-0.15, -0.1) is 0 Å². The number of aliphatic hydroxyl groups is 2. The summed E-state index contributed by atoms with van der Waals surface area (Å²) in [4.78, 5) is 11.8. The predicted molar refractivity (Wildman–Crippen MR) is 84.1 cm³/mol. The zero-order valence-electron chi connectivity index (χ0n) is 13.7. The van der Waals surface area contributed by atoms with E-state index in [-0.39, 0.29) is 17.6 Å². The molecular formula is C19H30O3. The Balaban J connectivity index is 1.64. The number of hydrogen-bond acceptors (Lipinski definition) is 3. The highest BCUT2D eigenvalue weighted by atomic mass is 16.3. The summed E-state index contributed by atoms with van der Waals surface area (Å²) in [7, 11) is 0. The Morgan fingerprint density at radius 3 is 2.68 bits per heavy atom. The minimum Gasteiger partial charge on any atom is -0.393 e. The van der Waals surface area contributed by atoms with E-state index in [9.17, 15) is 15.0 Å². The molecule has 0 heterocycles. The molecule has 3 heteroatoms. The molecule has 4 aliphatic carbocycles. The molecule has 0 spiro atoms. The predicted octanol–water partition coefficient (Wildman–Crippen LogP) is 2.93. The summed E-state index contributed by atoms with van der Waals surface area (Å²) in [5, 5.41) is 21.6. The standard InChI is InChI=1S/C19H30O3/c1-2-19-10-16(21)18-13-6-4-12(20)9-11(13)3-5-14(18)15(19)7-8-17(19)22/h11,13-18,21-22H,2-10H2,1H3/t11-,13-,14-,15-,16+,17-,18+,19-/m0/s1. The fourth-order valence-electron chi connectivity index (χ4n) is 7.14. The van der Waals surface area contributed by atoms with Crippen LogP contribution in [0.4, 0.5) is 0 Å². The summed E-state index contributed by atoms with van der Waals surface area (Å²) in [5.41, 5.74) is -0.0299. The smallest absolute Gasteiger partial charge is 0.133 e. The van der Waals surface area contributed by atoms with Crippen molar-refractivity contribution in [3.05, 3.63) is 0 Å². The van der Waals surface area contributed by atoms with Crippen molar-refractivity contribution >= 4 is 5.78 Å². The highest BCUT2D eigenvalue weighted by Crippen LogP contribution is 2.63. The van der Waals surface area contributed by atoms with Crippen LogP contribution in [-0.2, 0) is 4.79 Å². The summed E-state index contributed by atoms with van der Waals surface area (Å²) < 4.78 is 0. The minimum atomic E-state index is -0.269. The zero-order chi connectivity index (χ0) is 15.5. The van der Waals surface area contributed by atoms with E-state index in [0.29, 0.717) is 35.4 Å². The van der Waals surface area contributed by atoms with E-state index >= 15 is 0 Å². The van der Waals surface area contributed by atoms with Gasteiger partial charge in [-0.1, -0.05) is 6.92 Å². The fraction of sp³-hybridized carbons (Fsp3) is 0.947. The summed E-state index contributed by atoms with van der Waals surface area (Å²) >= 11 is 0. The van der Waals surface area contributed by atoms with Crippen molar-refractivity contribution in [2.24, 2.45) is 35.0 Å². The molecule has 0 radical (unpaired) electrons. The molecule has 0 aromatic rings. The molecule has 124 valence electrons. The Kier molecular flexibility index (Phi) is 3.65. The number of carbonyl (C=O) groups is 1. The Bertz CT molecular complexity index is 462. The number of rotatable bonds is 1. The lowest BCUT2D eigenvalue weighted by Gasteiger charge is -2.57. The van der Waals surface area contributed by atoms with Gasteiger partial charge in [-0.2, -0.15) is 0 Å². The molecule has 2 N–H and O–H groups in total. The van der Waals surface area contributed by atoms with Crippen LogP contribution < -0.4 is 0 Å². The van der Waals surface area contributed by atoms with Gasteiger partial charge in [-0.05, 0) is 74.5 Å². The van der Waals surface area contributed by atoms with Crippen LogP contribution in [0.3, 0.4) is 0 Å². The number of fused-ring (bicyclic) bond motifs is 5. The lowest BCUT2D eigenvalue weighted by atomic mass is 9.48. The Labute approximate surface area is 133 Å². The van der Waals surface area contributed by atoms with E-state index in [2.05, 4.69) is 6.92 Å². The van der Waals surface area contributed by atoms with Crippen molar-refractivity contribution in [3.8, 4) is 0 Å². The van der Waals surface area contributed by atoms with Gasteiger partial charge in [0.25, 0.3) is 0 Å². The highest BCUT2D eigenvalue weighted by Gasteiger charge is 2.60. The molecule has 0 saturated heterocycles. The van der Waals surface area contributed by atoms with Crippen LogP contribution in [0.5, 0.6) is 0 Å². The van der Waals surface area contributed by atoms with E-state index < -0.39 is 0 Å². The van der Waals surface area contributed by atoms with Crippen molar-refractivity contribution in [1.29, 1.82) is 0 Å². The van der Waals surface area contributed by atoms with Gasteiger partial charge in [0.2, 0.25) is 0 Å². The molecule has 0 unspecified atom stereocenters. The zero-order valence-corrected chi connectivity index (χ0v) is 13.7. The summed E-state index contributed by atoms with van der Waals surface area (Å²) in [6.45, 7) is 2.19. The average Bonchev–Trinajstić information content (AvgIpc) is 2.84. The van der Waals surface area contributed by atoms with Gasteiger partial charge in [0.15, 0.2) is 0 Å². The third-order valence-electron chi connectivity index (χ3n) is 8.07. The summed E-state index contributed by atoms with van der Waals surface area (Å²) in [5.74, 6) is 3.08. The van der Waals surface area contributed by atoms with Crippen LogP contribution in [0.25, 0.3) is 0 Å². The van der Waals surface area contributed by atoms with Crippen LogP contribution in [0, 0.1) is 35.0 Å². The maximum absolute atomic E-state index is 11.8. The molecule has 0 aromatic carbocycles. The fourth-order valence-corrected chi connectivity index (χ4v) is 7.14. The number of hydrogen-bond donors (Lipinski definition) is 2. The van der Waals surface area contributed by atoms with E-state index in [1.807, 2.05) is 0 Å². The first-order valence-corrected chi connectivity index (χ1v) is 9.44. The van der Waals surface area contributed by atoms with E-state index in [0.717, 1.165) is 57.8 Å². The van der Waals surface area contributed by atoms with E-state index in [1.54, 1.807) is 0 Å². The molecule has 0 bridgehead atoms. The van der Waals surface area contributed by atoms with Gasteiger partial charge in [-0.25, -0.2) is 0 Å². The Hall–Kier alpha value is -0.410. The van der Waals surface area contributed by atoms with Crippen molar-refractivity contribution in [2.75, 3.05) is 0 Å². The first-order chi connectivity index (χ1) is 10.6. The van der Waals surface area contributed by atoms with Crippen LogP contribution in [-0.4, -0.2) is 28.2 Å². The molecule has 3 nitrogen and oxygen atoms in total. The number of Topliss-reactive ketones (excluding diaryl/α,β-unsaturated/α-hetero) is 1. The molecule has 8 atom stereocenters. The van der Waals surface area contributed by atoms with Crippen LogP contribution in [0.15, 0.2) is 0 Å². The van der Waals surface area contributed by atoms with Gasteiger partial charge in [-0.3, -0.25) is 4.79 Å². The summed E-state index contributed by atoms with van der Waals surface area (Å²) in [6, 6.07) is 0. The Morgan fingerprint density at radius 1 is 1.09 bits per heavy atom. The highest BCUT2D eigenvalue weighted by molar-refractivity contribution is 5.79.